The highest BCUT2D eigenvalue weighted by atomic mass is 79.9. The van der Waals surface area contributed by atoms with Gasteiger partial charge in [0.15, 0.2) is 0 Å². The topological polar surface area (TPSA) is 70.5 Å². The summed E-state index contributed by atoms with van der Waals surface area (Å²) >= 11 is 3.39. The second-order valence-corrected chi connectivity index (χ2v) is 7.38. The number of aryl methyl sites for hydroxylation is 1. The van der Waals surface area contributed by atoms with E-state index in [1.165, 1.54) is 9.69 Å². The minimum absolute atomic E-state index is 0.217. The van der Waals surface area contributed by atoms with E-state index in [1.54, 1.807) is 13.0 Å². The molecule has 0 saturated carbocycles. The molecule has 1 aliphatic rings. The average molecular weight is 437 g/mol. The average Bonchev–Trinajstić information content (AvgIpc) is 3.14. The number of benzene rings is 2. The number of aromatic amines is 1. The van der Waals surface area contributed by atoms with Crippen LogP contribution in [-0.2, 0) is 4.79 Å². The fourth-order valence-electron chi connectivity index (χ4n) is 3.07. The van der Waals surface area contributed by atoms with Gasteiger partial charge < -0.3 is 0 Å². The van der Waals surface area contributed by atoms with E-state index in [2.05, 4.69) is 26.1 Å². The van der Waals surface area contributed by atoms with Gasteiger partial charge >= 0.3 is 0 Å². The van der Waals surface area contributed by atoms with Crippen LogP contribution in [-0.4, -0.2) is 21.4 Å². The molecule has 0 fully saturated rings. The van der Waals surface area contributed by atoms with Crippen LogP contribution in [0.5, 0.6) is 0 Å². The maximum Gasteiger partial charge on any atom is 0.280 e. The molecule has 6 nitrogen and oxygen atoms in total. The van der Waals surface area contributed by atoms with E-state index in [-0.39, 0.29) is 11.5 Å². The maximum absolute atomic E-state index is 12.9. The first-order valence-corrected chi connectivity index (χ1v) is 9.49. The van der Waals surface area contributed by atoms with E-state index < -0.39 is 0 Å². The third-order valence-electron chi connectivity index (χ3n) is 4.55. The molecule has 1 N–H and O–H groups in total. The number of hydrogen-bond acceptors (Lipinski definition) is 3. The van der Waals surface area contributed by atoms with Crippen molar-refractivity contribution in [2.45, 2.75) is 13.8 Å². The molecular formula is C21H17BrN4O2. The molecule has 1 aromatic heterocycles. The SMILES string of the molecule is CC1=NN(c2ccccc2)C(=O)/C1=C/c1c(C)[nH]n(-c2ccc(Br)cc2)c1=O. The molecule has 4 rings (SSSR count). The van der Waals surface area contributed by atoms with Gasteiger partial charge in [-0.15, -0.1) is 0 Å². The first kappa shape index (κ1) is 18.2. The standard InChI is InChI=1S/C21H17BrN4O2/c1-13-18(20(27)25(23-13)16-6-4-3-5-7-16)12-19-14(2)24-26(21(19)28)17-10-8-15(22)9-11-17/h3-12,24H,1-2H3/b18-12+. The Kier molecular flexibility index (Phi) is 4.60. The van der Waals surface area contributed by atoms with Crippen LogP contribution in [0.4, 0.5) is 5.69 Å². The van der Waals surface area contributed by atoms with Gasteiger partial charge in [-0.25, -0.2) is 4.68 Å². The van der Waals surface area contributed by atoms with Crippen molar-refractivity contribution in [2.24, 2.45) is 5.10 Å². The molecule has 0 unspecified atom stereocenters. The number of H-pyrrole nitrogens is 1. The van der Waals surface area contributed by atoms with E-state index in [0.717, 1.165) is 10.2 Å². The summed E-state index contributed by atoms with van der Waals surface area (Å²) in [5.74, 6) is -0.251. The number of rotatable bonds is 3. The molecule has 3 aromatic rings. The predicted octanol–water partition coefficient (Wildman–Crippen LogP) is 4.04. The number of nitrogens with zero attached hydrogens (tertiary/aromatic N) is 3. The Morgan fingerprint density at radius 2 is 1.64 bits per heavy atom. The van der Waals surface area contributed by atoms with Crippen molar-refractivity contribution >= 4 is 39.3 Å². The third-order valence-corrected chi connectivity index (χ3v) is 5.08. The molecule has 2 heterocycles. The van der Waals surface area contributed by atoms with Gasteiger partial charge in [-0.05, 0) is 56.3 Å². The first-order valence-electron chi connectivity index (χ1n) is 8.70. The summed E-state index contributed by atoms with van der Waals surface area (Å²) in [7, 11) is 0. The lowest BCUT2D eigenvalue weighted by atomic mass is 10.1. The second-order valence-electron chi connectivity index (χ2n) is 6.46. The minimum atomic E-state index is -0.251. The summed E-state index contributed by atoms with van der Waals surface area (Å²) in [6.45, 7) is 3.58. The quantitative estimate of drug-likeness (QED) is 0.629. The number of para-hydroxylation sites is 1. The van der Waals surface area contributed by atoms with Crippen LogP contribution in [0.15, 0.2) is 74.5 Å². The van der Waals surface area contributed by atoms with Gasteiger partial charge in [0.2, 0.25) is 0 Å². The molecule has 0 bridgehead atoms. The molecule has 0 spiro atoms. The summed E-state index contributed by atoms with van der Waals surface area (Å²) in [6.07, 6.45) is 1.62. The number of hydrogen-bond donors (Lipinski definition) is 1. The lowest BCUT2D eigenvalue weighted by Gasteiger charge is -2.10. The number of amides is 1. The number of nitrogens with one attached hydrogen (secondary N) is 1. The van der Waals surface area contributed by atoms with Crippen molar-refractivity contribution in [1.29, 1.82) is 0 Å². The highest BCUT2D eigenvalue weighted by Crippen LogP contribution is 2.24. The molecule has 1 aliphatic heterocycles. The van der Waals surface area contributed by atoms with Gasteiger partial charge in [-0.3, -0.25) is 14.7 Å². The van der Waals surface area contributed by atoms with Crippen molar-refractivity contribution in [3.8, 4) is 5.69 Å². The Balaban J connectivity index is 1.74. The summed E-state index contributed by atoms with van der Waals surface area (Å²) < 4.78 is 2.40. The Hall–Kier alpha value is -3.19. The number of aromatic nitrogens is 2. The smallest absolute Gasteiger partial charge is 0.280 e. The Labute approximate surface area is 169 Å². The zero-order valence-electron chi connectivity index (χ0n) is 15.3. The molecular weight excluding hydrogens is 420 g/mol. The van der Waals surface area contributed by atoms with Crippen molar-refractivity contribution in [1.82, 2.24) is 9.78 Å². The molecule has 0 radical (unpaired) electrons. The fraction of sp³-hybridized carbons (Fsp3) is 0.0952. The zero-order valence-corrected chi connectivity index (χ0v) is 16.9. The molecule has 1 amide bonds. The van der Waals surface area contributed by atoms with E-state index >= 15 is 0 Å². The Bertz CT molecular complexity index is 1170. The third kappa shape index (κ3) is 3.14. The van der Waals surface area contributed by atoms with Crippen LogP contribution in [0.2, 0.25) is 0 Å². The van der Waals surface area contributed by atoms with Crippen LogP contribution in [0.25, 0.3) is 11.8 Å². The monoisotopic (exact) mass is 436 g/mol. The largest absolute Gasteiger partial charge is 0.295 e. The molecule has 140 valence electrons. The molecule has 0 saturated heterocycles. The Morgan fingerprint density at radius 3 is 2.32 bits per heavy atom. The first-order chi connectivity index (χ1) is 13.5. The highest BCUT2D eigenvalue weighted by Gasteiger charge is 2.29. The van der Waals surface area contributed by atoms with Gasteiger partial charge in [0, 0.05) is 10.2 Å². The van der Waals surface area contributed by atoms with Gasteiger partial charge in [0.05, 0.1) is 28.2 Å². The number of hydrazone groups is 1. The van der Waals surface area contributed by atoms with Gasteiger partial charge in [-0.1, -0.05) is 34.1 Å². The van der Waals surface area contributed by atoms with E-state index in [9.17, 15) is 9.59 Å². The van der Waals surface area contributed by atoms with Crippen LogP contribution < -0.4 is 10.6 Å². The highest BCUT2D eigenvalue weighted by molar-refractivity contribution is 9.10. The van der Waals surface area contributed by atoms with Crippen LogP contribution in [0, 0.1) is 6.92 Å². The minimum Gasteiger partial charge on any atom is -0.295 e. The zero-order chi connectivity index (χ0) is 19.8. The summed E-state index contributed by atoms with van der Waals surface area (Å²) in [5, 5.41) is 8.79. The number of anilines is 1. The van der Waals surface area contributed by atoms with Crippen LogP contribution in [0.3, 0.4) is 0 Å². The van der Waals surface area contributed by atoms with Crippen molar-refractivity contribution in [3.05, 3.63) is 86.3 Å². The van der Waals surface area contributed by atoms with Gasteiger partial charge in [-0.2, -0.15) is 10.1 Å². The van der Waals surface area contributed by atoms with Crippen LogP contribution >= 0.6 is 15.9 Å². The summed E-state index contributed by atoms with van der Waals surface area (Å²) in [6, 6.07) is 16.6. The number of carbonyl (C=O) groups is 1. The second kappa shape index (κ2) is 7.09. The summed E-state index contributed by atoms with van der Waals surface area (Å²) in [4.78, 5) is 25.8. The Morgan fingerprint density at radius 1 is 0.964 bits per heavy atom. The lowest BCUT2D eigenvalue weighted by Crippen LogP contribution is -2.21. The lowest BCUT2D eigenvalue weighted by molar-refractivity contribution is -0.114. The van der Waals surface area contributed by atoms with Gasteiger partial charge in [0.1, 0.15) is 0 Å². The van der Waals surface area contributed by atoms with Crippen molar-refractivity contribution in [2.75, 3.05) is 5.01 Å². The number of halogens is 1. The molecule has 28 heavy (non-hydrogen) atoms. The van der Waals surface area contributed by atoms with E-state index in [4.69, 9.17) is 0 Å². The normalized spacial score (nSPS) is 15.4. The van der Waals surface area contributed by atoms with E-state index in [0.29, 0.717) is 28.2 Å². The molecule has 2 aromatic carbocycles. The molecule has 7 heteroatoms. The van der Waals surface area contributed by atoms with Crippen LogP contribution in [0.1, 0.15) is 18.2 Å². The fourth-order valence-corrected chi connectivity index (χ4v) is 3.34. The number of carbonyl (C=O) groups excluding carboxylic acids is 1. The van der Waals surface area contributed by atoms with Crippen molar-refractivity contribution in [3.63, 3.8) is 0 Å². The van der Waals surface area contributed by atoms with Crippen molar-refractivity contribution < 1.29 is 4.79 Å². The molecule has 0 aliphatic carbocycles. The maximum atomic E-state index is 12.9. The summed E-state index contributed by atoms with van der Waals surface area (Å²) in [5.41, 5.74) is 3.29. The molecule has 0 atom stereocenters. The predicted molar refractivity (Wildman–Crippen MR) is 114 cm³/mol. The van der Waals surface area contributed by atoms with E-state index in [1.807, 2.05) is 61.5 Å². The van der Waals surface area contributed by atoms with Gasteiger partial charge in [0.25, 0.3) is 11.5 Å².